The van der Waals surface area contributed by atoms with Gasteiger partial charge in [-0.2, -0.15) is 0 Å². The number of rotatable bonds is 7. The summed E-state index contributed by atoms with van der Waals surface area (Å²) in [6.07, 6.45) is 5.82. The first-order chi connectivity index (χ1) is 7.33. The lowest BCUT2D eigenvalue weighted by Crippen LogP contribution is -2.11. The molecule has 1 aromatic rings. The van der Waals surface area contributed by atoms with Gasteiger partial charge in [0.1, 0.15) is 11.6 Å². The van der Waals surface area contributed by atoms with Gasteiger partial charge in [-0.1, -0.05) is 6.08 Å². The van der Waals surface area contributed by atoms with Gasteiger partial charge in [-0.3, -0.25) is 0 Å². The molecule has 0 amide bonds. The van der Waals surface area contributed by atoms with E-state index in [0.717, 1.165) is 6.42 Å². The predicted molar refractivity (Wildman–Crippen MR) is 60.6 cm³/mol. The summed E-state index contributed by atoms with van der Waals surface area (Å²) in [7, 11) is 0. The van der Waals surface area contributed by atoms with Gasteiger partial charge in [0.15, 0.2) is 0 Å². The number of nitrogens with one attached hydrogen (secondary N) is 1. The Morgan fingerprint density at radius 1 is 1.40 bits per heavy atom. The van der Waals surface area contributed by atoms with Crippen molar-refractivity contribution in [2.75, 3.05) is 30.8 Å². The van der Waals surface area contributed by atoms with Crippen LogP contribution in [0.1, 0.15) is 6.42 Å². The van der Waals surface area contributed by atoms with Crippen LogP contribution < -0.4 is 11.1 Å². The highest BCUT2D eigenvalue weighted by Gasteiger charge is 1.93. The Morgan fingerprint density at radius 2 is 2.27 bits per heavy atom. The maximum absolute atomic E-state index is 5.40. The summed E-state index contributed by atoms with van der Waals surface area (Å²) < 4.78 is 5.31. The Labute approximate surface area is 89.4 Å². The molecular formula is C10H16N4O. The summed E-state index contributed by atoms with van der Waals surface area (Å²) in [4.78, 5) is 7.95. The molecule has 0 saturated carbocycles. The molecule has 0 aliphatic heterocycles. The molecule has 5 nitrogen and oxygen atoms in total. The van der Waals surface area contributed by atoms with Gasteiger partial charge >= 0.3 is 0 Å². The normalized spacial score (nSPS) is 9.87. The van der Waals surface area contributed by atoms with Crippen molar-refractivity contribution < 1.29 is 4.74 Å². The molecule has 0 spiro atoms. The third kappa shape index (κ3) is 4.97. The Hall–Kier alpha value is -1.62. The standard InChI is InChI=1S/C10H16N4O/c1-2-3-5-15-6-4-12-10-8-13-9(11)7-14-10/h2,7-8H,1,3-6H2,(H2,11,13)(H,12,14). The second-order valence-corrected chi connectivity index (χ2v) is 2.94. The average molecular weight is 208 g/mol. The topological polar surface area (TPSA) is 73.1 Å². The zero-order valence-electron chi connectivity index (χ0n) is 8.65. The fourth-order valence-corrected chi connectivity index (χ4v) is 0.949. The number of nitrogens with two attached hydrogens (primary N) is 1. The monoisotopic (exact) mass is 208 g/mol. The fourth-order valence-electron chi connectivity index (χ4n) is 0.949. The molecule has 3 N–H and O–H groups in total. The Morgan fingerprint density at radius 3 is 2.93 bits per heavy atom. The molecule has 0 unspecified atom stereocenters. The number of nitrogen functional groups attached to an aromatic ring is 1. The molecule has 0 saturated heterocycles. The van der Waals surface area contributed by atoms with Crippen molar-refractivity contribution >= 4 is 11.6 Å². The van der Waals surface area contributed by atoms with Gasteiger partial charge in [-0.25, -0.2) is 9.97 Å². The zero-order valence-corrected chi connectivity index (χ0v) is 8.65. The first kappa shape index (κ1) is 11.5. The Balaban J connectivity index is 2.09. The van der Waals surface area contributed by atoms with Crippen LogP contribution in [0.2, 0.25) is 0 Å². The summed E-state index contributed by atoms with van der Waals surface area (Å²) >= 11 is 0. The second kappa shape index (κ2) is 6.78. The van der Waals surface area contributed by atoms with E-state index in [4.69, 9.17) is 10.5 Å². The maximum Gasteiger partial charge on any atom is 0.144 e. The Kier molecular flexibility index (Phi) is 5.18. The highest BCUT2D eigenvalue weighted by molar-refractivity contribution is 5.35. The van der Waals surface area contributed by atoms with Crippen molar-refractivity contribution in [3.8, 4) is 0 Å². The van der Waals surface area contributed by atoms with Crippen LogP contribution in [0.15, 0.2) is 25.0 Å². The number of aromatic nitrogens is 2. The maximum atomic E-state index is 5.40. The largest absolute Gasteiger partial charge is 0.382 e. The molecule has 5 heteroatoms. The third-order valence-corrected chi connectivity index (χ3v) is 1.69. The van der Waals surface area contributed by atoms with E-state index in [-0.39, 0.29) is 0 Å². The summed E-state index contributed by atoms with van der Waals surface area (Å²) in [6.45, 7) is 5.66. The molecule has 82 valence electrons. The lowest BCUT2D eigenvalue weighted by atomic mass is 10.4. The van der Waals surface area contributed by atoms with Gasteiger partial charge in [0, 0.05) is 6.54 Å². The lowest BCUT2D eigenvalue weighted by Gasteiger charge is -2.05. The van der Waals surface area contributed by atoms with Gasteiger partial charge in [0.2, 0.25) is 0 Å². The third-order valence-electron chi connectivity index (χ3n) is 1.69. The highest BCUT2D eigenvalue weighted by atomic mass is 16.5. The molecule has 1 rings (SSSR count). The van der Waals surface area contributed by atoms with E-state index in [1.54, 1.807) is 6.20 Å². The average Bonchev–Trinajstić information content (AvgIpc) is 2.26. The first-order valence-electron chi connectivity index (χ1n) is 4.83. The van der Waals surface area contributed by atoms with Gasteiger partial charge in [0.25, 0.3) is 0 Å². The van der Waals surface area contributed by atoms with Crippen LogP contribution in [0, 0.1) is 0 Å². The van der Waals surface area contributed by atoms with E-state index in [1.807, 2.05) is 6.08 Å². The predicted octanol–water partition coefficient (Wildman–Crippen LogP) is 1.06. The summed E-state index contributed by atoms with van der Waals surface area (Å²) in [5, 5.41) is 3.07. The molecule has 1 heterocycles. The van der Waals surface area contributed by atoms with Crippen molar-refractivity contribution in [1.29, 1.82) is 0 Å². The minimum atomic E-state index is 0.419. The fraction of sp³-hybridized carbons (Fsp3) is 0.400. The van der Waals surface area contributed by atoms with Crippen LogP contribution in [0.3, 0.4) is 0 Å². The number of ether oxygens (including phenoxy) is 1. The molecular weight excluding hydrogens is 192 g/mol. The van der Waals surface area contributed by atoms with Crippen LogP contribution in [0.4, 0.5) is 11.6 Å². The number of nitrogens with zero attached hydrogens (tertiary/aromatic N) is 2. The SMILES string of the molecule is C=CCCOCCNc1cnc(N)cn1. The Bertz CT molecular complexity index is 286. The molecule has 1 aromatic heterocycles. The molecule has 0 aliphatic carbocycles. The van der Waals surface area contributed by atoms with E-state index in [2.05, 4.69) is 21.9 Å². The molecule has 0 radical (unpaired) electrons. The lowest BCUT2D eigenvalue weighted by molar-refractivity contribution is 0.149. The van der Waals surface area contributed by atoms with Crippen LogP contribution in [0.5, 0.6) is 0 Å². The number of hydrogen-bond acceptors (Lipinski definition) is 5. The number of hydrogen-bond donors (Lipinski definition) is 2. The molecule has 15 heavy (non-hydrogen) atoms. The van der Waals surface area contributed by atoms with Crippen LogP contribution >= 0.6 is 0 Å². The van der Waals surface area contributed by atoms with E-state index >= 15 is 0 Å². The number of anilines is 2. The quantitative estimate of drug-likeness (QED) is 0.518. The zero-order chi connectivity index (χ0) is 10.9. The molecule has 0 fully saturated rings. The van der Waals surface area contributed by atoms with Crippen LogP contribution in [-0.2, 0) is 4.74 Å². The van der Waals surface area contributed by atoms with Crippen molar-refractivity contribution in [3.63, 3.8) is 0 Å². The van der Waals surface area contributed by atoms with Gasteiger partial charge in [-0.15, -0.1) is 6.58 Å². The van der Waals surface area contributed by atoms with E-state index in [9.17, 15) is 0 Å². The van der Waals surface area contributed by atoms with Crippen molar-refractivity contribution in [3.05, 3.63) is 25.0 Å². The van der Waals surface area contributed by atoms with Crippen molar-refractivity contribution in [2.45, 2.75) is 6.42 Å². The van der Waals surface area contributed by atoms with E-state index < -0.39 is 0 Å². The smallest absolute Gasteiger partial charge is 0.144 e. The van der Waals surface area contributed by atoms with Crippen molar-refractivity contribution in [2.24, 2.45) is 0 Å². The molecule has 0 aromatic carbocycles. The minimum absolute atomic E-state index is 0.419. The van der Waals surface area contributed by atoms with Crippen LogP contribution in [-0.4, -0.2) is 29.7 Å². The van der Waals surface area contributed by atoms with Crippen molar-refractivity contribution in [1.82, 2.24) is 9.97 Å². The first-order valence-corrected chi connectivity index (χ1v) is 4.83. The molecule has 0 atom stereocenters. The molecule has 0 aliphatic rings. The second-order valence-electron chi connectivity index (χ2n) is 2.94. The summed E-state index contributed by atoms with van der Waals surface area (Å²) in [6, 6.07) is 0. The van der Waals surface area contributed by atoms with Gasteiger partial charge in [-0.05, 0) is 6.42 Å². The van der Waals surface area contributed by atoms with E-state index in [1.165, 1.54) is 6.20 Å². The van der Waals surface area contributed by atoms with Gasteiger partial charge in [0.05, 0.1) is 25.6 Å². The van der Waals surface area contributed by atoms with E-state index in [0.29, 0.717) is 31.4 Å². The minimum Gasteiger partial charge on any atom is -0.382 e. The summed E-state index contributed by atoms with van der Waals surface area (Å²) in [5.74, 6) is 1.12. The summed E-state index contributed by atoms with van der Waals surface area (Å²) in [5.41, 5.74) is 5.40. The highest BCUT2D eigenvalue weighted by Crippen LogP contribution is 2.00. The van der Waals surface area contributed by atoms with Crippen LogP contribution in [0.25, 0.3) is 0 Å². The molecule has 0 bridgehead atoms. The van der Waals surface area contributed by atoms with Gasteiger partial charge < -0.3 is 15.8 Å².